The zero-order valence-electron chi connectivity index (χ0n) is 9.93. The summed E-state index contributed by atoms with van der Waals surface area (Å²) in [5.74, 6) is -0.858. The van der Waals surface area contributed by atoms with E-state index in [1.54, 1.807) is 19.2 Å². The lowest BCUT2D eigenvalue weighted by Gasteiger charge is -2.16. The van der Waals surface area contributed by atoms with Crippen molar-refractivity contribution in [3.05, 3.63) is 35.4 Å². The highest BCUT2D eigenvalue weighted by Gasteiger charge is 2.23. The summed E-state index contributed by atoms with van der Waals surface area (Å²) in [7, 11) is 1.72. The highest BCUT2D eigenvalue weighted by molar-refractivity contribution is 5.89. The van der Waals surface area contributed by atoms with Crippen molar-refractivity contribution in [2.75, 3.05) is 20.2 Å². The van der Waals surface area contributed by atoms with Crippen molar-refractivity contribution >= 4 is 5.97 Å². The number of carboxylic acids is 1. The molecule has 4 nitrogen and oxygen atoms in total. The molecule has 17 heavy (non-hydrogen) atoms. The van der Waals surface area contributed by atoms with Crippen LogP contribution >= 0.6 is 0 Å². The monoisotopic (exact) mass is 235 g/mol. The van der Waals surface area contributed by atoms with Crippen LogP contribution in [0.3, 0.4) is 0 Å². The van der Waals surface area contributed by atoms with Crippen LogP contribution in [0.4, 0.5) is 0 Å². The van der Waals surface area contributed by atoms with E-state index in [0.29, 0.717) is 12.1 Å². The lowest BCUT2D eigenvalue weighted by molar-refractivity contribution is 0.0694. The molecule has 0 spiro atoms. The zero-order chi connectivity index (χ0) is 12.3. The smallest absolute Gasteiger partial charge is 0.336 e. The molecule has 92 valence electrons. The zero-order valence-corrected chi connectivity index (χ0v) is 9.93. The number of hydrogen-bond donors (Lipinski definition) is 1. The number of likely N-dealkylation sites (tertiary alicyclic amines) is 1. The summed E-state index contributed by atoms with van der Waals surface area (Å²) >= 11 is 0. The van der Waals surface area contributed by atoms with E-state index in [1.165, 1.54) is 0 Å². The third-order valence-corrected chi connectivity index (χ3v) is 3.20. The summed E-state index contributed by atoms with van der Waals surface area (Å²) in [4.78, 5) is 13.3. The van der Waals surface area contributed by atoms with Crippen LogP contribution < -0.4 is 0 Å². The minimum absolute atomic E-state index is 0.284. The standard InChI is InChI=1S/C13H17NO3/c1-17-11-6-7-14(9-11)8-10-4-2-3-5-12(10)13(15)16/h2-5,11H,6-9H2,1H3,(H,15,16). The largest absolute Gasteiger partial charge is 0.478 e. The number of hydrogen-bond acceptors (Lipinski definition) is 3. The van der Waals surface area contributed by atoms with E-state index in [9.17, 15) is 4.79 Å². The van der Waals surface area contributed by atoms with Crippen molar-refractivity contribution in [1.29, 1.82) is 0 Å². The Labute approximate surface area is 101 Å². The second kappa shape index (κ2) is 5.29. The lowest BCUT2D eigenvalue weighted by Crippen LogP contribution is -2.23. The molecule has 1 N–H and O–H groups in total. The summed E-state index contributed by atoms with van der Waals surface area (Å²) in [6.07, 6.45) is 1.30. The number of carboxylic acid groups (broad SMARTS) is 1. The Balaban J connectivity index is 2.06. The molecule has 1 fully saturated rings. The molecule has 0 bridgehead atoms. The lowest BCUT2D eigenvalue weighted by atomic mass is 10.1. The molecule has 0 radical (unpaired) electrons. The Kier molecular flexibility index (Phi) is 3.76. The first-order valence-electron chi connectivity index (χ1n) is 5.77. The second-order valence-electron chi connectivity index (χ2n) is 4.34. The minimum Gasteiger partial charge on any atom is -0.478 e. The molecule has 1 aromatic rings. The Bertz CT molecular complexity index is 405. The Morgan fingerprint density at radius 1 is 1.53 bits per heavy atom. The van der Waals surface area contributed by atoms with Crippen molar-refractivity contribution in [2.24, 2.45) is 0 Å². The third-order valence-electron chi connectivity index (χ3n) is 3.20. The Morgan fingerprint density at radius 3 is 2.94 bits per heavy atom. The number of benzene rings is 1. The van der Waals surface area contributed by atoms with Crippen LogP contribution in [0.25, 0.3) is 0 Å². The summed E-state index contributed by atoms with van der Waals surface area (Å²) in [5, 5.41) is 9.09. The molecule has 1 unspecified atom stereocenters. The summed E-state index contributed by atoms with van der Waals surface area (Å²) < 4.78 is 5.30. The van der Waals surface area contributed by atoms with Gasteiger partial charge < -0.3 is 9.84 Å². The average molecular weight is 235 g/mol. The summed E-state index contributed by atoms with van der Waals surface area (Å²) in [5.41, 5.74) is 1.27. The molecule has 1 aliphatic rings. The molecule has 0 aromatic heterocycles. The average Bonchev–Trinajstić information content (AvgIpc) is 2.77. The summed E-state index contributed by atoms with van der Waals surface area (Å²) in [6.45, 7) is 2.53. The van der Waals surface area contributed by atoms with Gasteiger partial charge in [-0.1, -0.05) is 18.2 Å². The number of carbonyl (C=O) groups is 1. The highest BCUT2D eigenvalue weighted by Crippen LogP contribution is 2.17. The van der Waals surface area contributed by atoms with E-state index in [-0.39, 0.29) is 6.10 Å². The SMILES string of the molecule is COC1CCN(Cc2ccccc2C(=O)O)C1. The molecule has 1 aliphatic heterocycles. The minimum atomic E-state index is -0.858. The van der Waals surface area contributed by atoms with Crippen molar-refractivity contribution in [3.63, 3.8) is 0 Å². The first-order valence-corrected chi connectivity index (χ1v) is 5.77. The molecular weight excluding hydrogens is 218 g/mol. The molecule has 1 atom stereocenters. The molecule has 1 aromatic carbocycles. The number of methoxy groups -OCH3 is 1. The number of rotatable bonds is 4. The third kappa shape index (κ3) is 2.84. The van der Waals surface area contributed by atoms with Gasteiger partial charge in [0.05, 0.1) is 11.7 Å². The molecule has 1 saturated heterocycles. The van der Waals surface area contributed by atoms with Crippen molar-refractivity contribution in [1.82, 2.24) is 4.90 Å². The van der Waals surface area contributed by atoms with Crippen LogP contribution in [-0.4, -0.2) is 42.3 Å². The van der Waals surface area contributed by atoms with Crippen molar-refractivity contribution in [2.45, 2.75) is 19.1 Å². The van der Waals surface area contributed by atoms with Gasteiger partial charge in [0.2, 0.25) is 0 Å². The van der Waals surface area contributed by atoms with Gasteiger partial charge in [-0.3, -0.25) is 4.90 Å². The summed E-state index contributed by atoms with van der Waals surface area (Å²) in [6, 6.07) is 7.17. The Morgan fingerprint density at radius 2 is 2.29 bits per heavy atom. The van der Waals surface area contributed by atoms with Crippen molar-refractivity contribution in [3.8, 4) is 0 Å². The van der Waals surface area contributed by atoms with E-state index in [1.807, 2.05) is 12.1 Å². The van der Waals surface area contributed by atoms with Gasteiger partial charge in [-0.25, -0.2) is 4.79 Å². The van der Waals surface area contributed by atoms with E-state index < -0.39 is 5.97 Å². The van der Waals surface area contributed by atoms with Crippen LogP contribution in [0.1, 0.15) is 22.3 Å². The number of aromatic carboxylic acids is 1. The fourth-order valence-corrected chi connectivity index (χ4v) is 2.24. The topological polar surface area (TPSA) is 49.8 Å². The first-order chi connectivity index (χ1) is 8.20. The second-order valence-corrected chi connectivity index (χ2v) is 4.34. The normalized spacial score (nSPS) is 20.6. The predicted octanol–water partition coefficient (Wildman–Crippen LogP) is 1.61. The van der Waals surface area contributed by atoms with Gasteiger partial charge >= 0.3 is 5.97 Å². The molecule has 4 heteroatoms. The van der Waals surface area contributed by atoms with Gasteiger partial charge in [-0.15, -0.1) is 0 Å². The molecule has 0 saturated carbocycles. The maximum atomic E-state index is 11.1. The van der Waals surface area contributed by atoms with Crippen LogP contribution in [0.2, 0.25) is 0 Å². The van der Waals surface area contributed by atoms with Gasteiger partial charge in [0.1, 0.15) is 0 Å². The molecule has 2 rings (SSSR count). The molecule has 0 aliphatic carbocycles. The highest BCUT2D eigenvalue weighted by atomic mass is 16.5. The maximum Gasteiger partial charge on any atom is 0.336 e. The predicted molar refractivity (Wildman–Crippen MR) is 64.1 cm³/mol. The van der Waals surface area contributed by atoms with Crippen LogP contribution in [0, 0.1) is 0 Å². The van der Waals surface area contributed by atoms with E-state index in [0.717, 1.165) is 25.1 Å². The Hall–Kier alpha value is -1.39. The van der Waals surface area contributed by atoms with Gasteiger partial charge in [-0.2, -0.15) is 0 Å². The van der Waals surface area contributed by atoms with Gasteiger partial charge in [0.15, 0.2) is 0 Å². The quantitative estimate of drug-likeness (QED) is 0.861. The van der Waals surface area contributed by atoms with E-state index >= 15 is 0 Å². The molecule has 1 heterocycles. The number of nitrogens with zero attached hydrogens (tertiary/aromatic N) is 1. The number of ether oxygens (including phenoxy) is 1. The first kappa shape index (κ1) is 12.1. The molecule has 0 amide bonds. The van der Waals surface area contributed by atoms with E-state index in [4.69, 9.17) is 9.84 Å². The fraction of sp³-hybridized carbons (Fsp3) is 0.462. The molecular formula is C13H17NO3. The van der Waals surface area contributed by atoms with Gasteiger partial charge in [0, 0.05) is 26.7 Å². The van der Waals surface area contributed by atoms with Crippen LogP contribution in [0.5, 0.6) is 0 Å². The van der Waals surface area contributed by atoms with E-state index in [2.05, 4.69) is 4.90 Å². The van der Waals surface area contributed by atoms with Crippen LogP contribution in [-0.2, 0) is 11.3 Å². The maximum absolute atomic E-state index is 11.1. The van der Waals surface area contributed by atoms with Gasteiger partial charge in [0.25, 0.3) is 0 Å². The van der Waals surface area contributed by atoms with Gasteiger partial charge in [-0.05, 0) is 18.1 Å². The van der Waals surface area contributed by atoms with Crippen LogP contribution in [0.15, 0.2) is 24.3 Å². The fourth-order valence-electron chi connectivity index (χ4n) is 2.24. The van der Waals surface area contributed by atoms with Crippen molar-refractivity contribution < 1.29 is 14.6 Å².